The van der Waals surface area contributed by atoms with Crippen molar-refractivity contribution >= 4 is 28.5 Å². The number of benzene rings is 1. The quantitative estimate of drug-likeness (QED) is 0.868. The van der Waals surface area contributed by atoms with Gasteiger partial charge in [-0.15, -0.1) is 0 Å². The Labute approximate surface area is 102 Å². The molecule has 15 heavy (non-hydrogen) atoms. The summed E-state index contributed by atoms with van der Waals surface area (Å²) >= 11 is 2.15. The van der Waals surface area contributed by atoms with E-state index in [9.17, 15) is 4.79 Å². The molecule has 0 bridgehead atoms. The fraction of sp³-hybridized carbons (Fsp3) is 0.364. The molecule has 1 amide bonds. The lowest BCUT2D eigenvalue weighted by Gasteiger charge is -2.07. The monoisotopic (exact) mass is 317 g/mol. The number of amides is 1. The van der Waals surface area contributed by atoms with Crippen molar-refractivity contribution in [2.75, 3.05) is 7.05 Å². The summed E-state index contributed by atoms with van der Waals surface area (Å²) in [6.07, 6.45) is 2.69. The Bertz CT molecular complexity index is 388. The van der Waals surface area contributed by atoms with E-state index in [2.05, 4.69) is 27.9 Å². The van der Waals surface area contributed by atoms with Crippen molar-refractivity contribution in [3.05, 3.63) is 27.3 Å². The molecule has 80 valence electrons. The third-order valence-electron chi connectivity index (χ3n) is 2.24. The second-order valence-corrected chi connectivity index (χ2v) is 4.70. The van der Waals surface area contributed by atoms with Crippen LogP contribution < -0.4 is 10.1 Å². The van der Waals surface area contributed by atoms with Crippen LogP contribution in [0, 0.1) is 3.57 Å². The van der Waals surface area contributed by atoms with Gasteiger partial charge in [-0.1, -0.05) is 0 Å². The predicted molar refractivity (Wildman–Crippen MR) is 66.2 cm³/mol. The Hall–Kier alpha value is -0.780. The van der Waals surface area contributed by atoms with Gasteiger partial charge in [-0.25, -0.2) is 0 Å². The predicted octanol–water partition coefficient (Wildman–Crippen LogP) is 2.19. The van der Waals surface area contributed by atoms with Crippen LogP contribution in [0.5, 0.6) is 5.75 Å². The second kappa shape index (κ2) is 4.38. The Morgan fingerprint density at radius 3 is 2.80 bits per heavy atom. The minimum absolute atomic E-state index is 0.0580. The lowest BCUT2D eigenvalue weighted by molar-refractivity contribution is 0.0962. The van der Waals surface area contributed by atoms with Crippen LogP contribution in [0.1, 0.15) is 23.2 Å². The molecule has 1 fully saturated rings. The van der Waals surface area contributed by atoms with Crippen molar-refractivity contribution < 1.29 is 9.53 Å². The van der Waals surface area contributed by atoms with Gasteiger partial charge >= 0.3 is 0 Å². The molecule has 0 spiro atoms. The number of nitrogens with one attached hydrogen (secondary N) is 1. The number of carbonyl (C=O) groups is 1. The summed E-state index contributed by atoms with van der Waals surface area (Å²) in [6, 6.07) is 5.56. The molecule has 0 radical (unpaired) electrons. The topological polar surface area (TPSA) is 38.3 Å². The van der Waals surface area contributed by atoms with Crippen LogP contribution in [0.3, 0.4) is 0 Å². The number of rotatable bonds is 3. The molecule has 0 unspecified atom stereocenters. The molecule has 1 aromatic rings. The van der Waals surface area contributed by atoms with E-state index in [1.54, 1.807) is 13.1 Å². The maximum atomic E-state index is 11.4. The lowest BCUT2D eigenvalue weighted by Crippen LogP contribution is -2.18. The highest BCUT2D eigenvalue weighted by Gasteiger charge is 2.23. The van der Waals surface area contributed by atoms with E-state index in [-0.39, 0.29) is 5.91 Å². The Balaban J connectivity index is 2.17. The average molecular weight is 317 g/mol. The zero-order valence-electron chi connectivity index (χ0n) is 8.42. The van der Waals surface area contributed by atoms with Gasteiger partial charge in [0.05, 0.1) is 11.7 Å². The first kappa shape index (κ1) is 10.7. The zero-order valence-corrected chi connectivity index (χ0v) is 10.6. The van der Waals surface area contributed by atoms with E-state index in [4.69, 9.17) is 4.74 Å². The molecule has 3 nitrogen and oxygen atoms in total. The number of carbonyl (C=O) groups excluding carboxylic acids is 1. The number of hydrogen-bond acceptors (Lipinski definition) is 2. The van der Waals surface area contributed by atoms with E-state index in [1.165, 1.54) is 0 Å². The number of hydrogen-bond donors (Lipinski definition) is 1. The van der Waals surface area contributed by atoms with Crippen LogP contribution >= 0.6 is 22.6 Å². The summed E-state index contributed by atoms with van der Waals surface area (Å²) in [5.74, 6) is 0.798. The summed E-state index contributed by atoms with van der Waals surface area (Å²) in [6.45, 7) is 0. The summed E-state index contributed by atoms with van der Waals surface area (Å²) in [7, 11) is 1.63. The molecule has 4 heteroatoms. The lowest BCUT2D eigenvalue weighted by atomic mass is 10.2. The highest BCUT2D eigenvalue weighted by Crippen LogP contribution is 2.28. The third kappa shape index (κ3) is 2.62. The minimum Gasteiger partial charge on any atom is -0.490 e. The molecule has 0 heterocycles. The molecule has 0 atom stereocenters. The standard InChI is InChI=1S/C11H12INO2/c1-13-11(14)9-5-4-8(6-10(9)12)15-7-2-3-7/h4-7H,2-3H2,1H3,(H,13,14). The van der Waals surface area contributed by atoms with Crippen molar-refractivity contribution in [3.8, 4) is 5.75 Å². The molecule has 2 rings (SSSR count). The summed E-state index contributed by atoms with van der Waals surface area (Å²) < 4.78 is 6.56. The second-order valence-electron chi connectivity index (χ2n) is 3.54. The third-order valence-corrected chi connectivity index (χ3v) is 3.13. The largest absolute Gasteiger partial charge is 0.490 e. The molecular formula is C11H12INO2. The smallest absolute Gasteiger partial charge is 0.252 e. The Kier molecular flexibility index (Phi) is 3.14. The van der Waals surface area contributed by atoms with Crippen LogP contribution in [0.4, 0.5) is 0 Å². The minimum atomic E-state index is -0.0580. The first-order chi connectivity index (χ1) is 7.20. The van der Waals surface area contributed by atoms with Crippen LogP contribution in [0.15, 0.2) is 18.2 Å². The normalized spacial score (nSPS) is 14.8. The van der Waals surface area contributed by atoms with Gasteiger partial charge < -0.3 is 10.1 Å². The number of halogens is 1. The van der Waals surface area contributed by atoms with E-state index in [0.29, 0.717) is 11.7 Å². The van der Waals surface area contributed by atoms with Crippen molar-refractivity contribution in [2.24, 2.45) is 0 Å². The maximum absolute atomic E-state index is 11.4. The molecule has 1 aliphatic rings. The molecule has 1 N–H and O–H groups in total. The average Bonchev–Trinajstić information content (AvgIpc) is 3.01. The highest BCUT2D eigenvalue weighted by molar-refractivity contribution is 14.1. The summed E-state index contributed by atoms with van der Waals surface area (Å²) in [5.41, 5.74) is 0.696. The van der Waals surface area contributed by atoms with Gasteiger partial charge in [0, 0.05) is 10.6 Å². The van der Waals surface area contributed by atoms with E-state index >= 15 is 0 Å². The molecule has 1 saturated carbocycles. The first-order valence-electron chi connectivity index (χ1n) is 4.89. The summed E-state index contributed by atoms with van der Waals surface area (Å²) in [5, 5.41) is 2.61. The Morgan fingerprint density at radius 1 is 1.53 bits per heavy atom. The Morgan fingerprint density at radius 2 is 2.27 bits per heavy atom. The van der Waals surface area contributed by atoms with Crippen molar-refractivity contribution in [2.45, 2.75) is 18.9 Å². The first-order valence-corrected chi connectivity index (χ1v) is 5.97. The molecule has 1 aromatic carbocycles. The van der Waals surface area contributed by atoms with Crippen molar-refractivity contribution in [1.29, 1.82) is 0 Å². The van der Waals surface area contributed by atoms with Gasteiger partial charge in [-0.05, 0) is 53.6 Å². The van der Waals surface area contributed by atoms with Gasteiger partial charge in [-0.3, -0.25) is 4.79 Å². The molecule has 0 aliphatic heterocycles. The molecular weight excluding hydrogens is 305 g/mol. The SMILES string of the molecule is CNC(=O)c1ccc(OC2CC2)cc1I. The van der Waals surface area contributed by atoms with Gasteiger partial charge in [0.15, 0.2) is 0 Å². The molecule has 0 aromatic heterocycles. The van der Waals surface area contributed by atoms with E-state index < -0.39 is 0 Å². The van der Waals surface area contributed by atoms with Crippen LogP contribution in [-0.2, 0) is 0 Å². The van der Waals surface area contributed by atoms with E-state index in [0.717, 1.165) is 22.2 Å². The maximum Gasteiger partial charge on any atom is 0.252 e. The van der Waals surface area contributed by atoms with E-state index in [1.807, 2.05) is 12.1 Å². The van der Waals surface area contributed by atoms with Gasteiger partial charge in [0.25, 0.3) is 5.91 Å². The molecule has 0 saturated heterocycles. The van der Waals surface area contributed by atoms with Gasteiger partial charge in [-0.2, -0.15) is 0 Å². The summed E-state index contributed by atoms with van der Waals surface area (Å²) in [4.78, 5) is 11.4. The van der Waals surface area contributed by atoms with Gasteiger partial charge in [0.1, 0.15) is 5.75 Å². The van der Waals surface area contributed by atoms with Crippen LogP contribution in [0.25, 0.3) is 0 Å². The van der Waals surface area contributed by atoms with Crippen molar-refractivity contribution in [1.82, 2.24) is 5.32 Å². The van der Waals surface area contributed by atoms with Gasteiger partial charge in [0.2, 0.25) is 0 Å². The molecule has 1 aliphatic carbocycles. The zero-order chi connectivity index (χ0) is 10.8. The van der Waals surface area contributed by atoms with Crippen LogP contribution in [0.2, 0.25) is 0 Å². The number of ether oxygens (including phenoxy) is 1. The fourth-order valence-corrected chi connectivity index (χ4v) is 2.00. The van der Waals surface area contributed by atoms with Crippen LogP contribution in [-0.4, -0.2) is 19.1 Å². The fourth-order valence-electron chi connectivity index (χ4n) is 1.27. The highest BCUT2D eigenvalue weighted by atomic mass is 127. The van der Waals surface area contributed by atoms with Crippen molar-refractivity contribution in [3.63, 3.8) is 0 Å².